The molecule has 0 spiro atoms. The molecule has 0 aliphatic heterocycles. The van der Waals surface area contributed by atoms with Crippen molar-refractivity contribution in [1.29, 1.82) is 0 Å². The summed E-state index contributed by atoms with van der Waals surface area (Å²) in [5, 5.41) is 0. The molecule has 1 aromatic carbocycles. The summed E-state index contributed by atoms with van der Waals surface area (Å²) in [5.41, 5.74) is 1.29. The molecule has 2 nitrogen and oxygen atoms in total. The van der Waals surface area contributed by atoms with Crippen LogP contribution in [0.4, 0.5) is 0 Å². The van der Waals surface area contributed by atoms with Gasteiger partial charge in [-0.05, 0) is 38.7 Å². The molecule has 0 unspecified atom stereocenters. The molecule has 3 heteroatoms. The number of nitrogens with one attached hydrogen (secondary N) is 1. The average Bonchev–Trinajstić information content (AvgIpc) is 2.28. The molecule has 0 aliphatic carbocycles. The second kappa shape index (κ2) is 6.60. The standard InChI is InChI=1S/C15H25NOS/c1-12(2)14(16-18(17)15(3,4)5)11-13-9-7-6-8-10-13/h6-10,12,14,16H,11H2,1-5H3/t14-,18-/m1/s1. The van der Waals surface area contributed by atoms with Crippen molar-refractivity contribution in [3.63, 3.8) is 0 Å². The number of hydrogen-bond acceptors (Lipinski definition) is 2. The Morgan fingerprint density at radius 1 is 1.17 bits per heavy atom. The Bertz CT molecular complexity index is 345. The van der Waals surface area contributed by atoms with Crippen LogP contribution >= 0.6 is 0 Å². The first kappa shape index (κ1) is 15.5. The van der Waals surface area contributed by atoms with Gasteiger partial charge in [0.15, 0.2) is 0 Å². The molecule has 0 amide bonds. The molecule has 2 atom stereocenters. The van der Waals surface area contributed by atoms with E-state index < -0.39 is 11.4 Å². The van der Waals surface area contributed by atoms with Crippen molar-refractivity contribution in [2.75, 3.05) is 0 Å². The van der Waals surface area contributed by atoms with Gasteiger partial charge in [-0.25, -0.2) is 0 Å². The van der Waals surface area contributed by atoms with E-state index in [0.717, 1.165) is 6.42 Å². The van der Waals surface area contributed by atoms with Crippen molar-refractivity contribution in [1.82, 2.24) is 4.72 Å². The summed E-state index contributed by atoms with van der Waals surface area (Å²) in [6.07, 6.45) is 0.917. The van der Waals surface area contributed by atoms with E-state index in [1.165, 1.54) is 5.56 Å². The van der Waals surface area contributed by atoms with Crippen LogP contribution in [-0.2, 0) is 17.8 Å². The molecule has 0 saturated heterocycles. The van der Waals surface area contributed by atoms with Gasteiger partial charge < -0.3 is 4.55 Å². The second-order valence-corrected chi connectivity index (χ2v) is 8.04. The Labute approximate surface area is 114 Å². The fraction of sp³-hybridized carbons (Fsp3) is 0.600. The van der Waals surface area contributed by atoms with E-state index in [-0.39, 0.29) is 10.8 Å². The van der Waals surface area contributed by atoms with Gasteiger partial charge in [0.25, 0.3) is 0 Å². The average molecular weight is 267 g/mol. The summed E-state index contributed by atoms with van der Waals surface area (Å²) in [7, 11) is 0. The van der Waals surface area contributed by atoms with Crippen LogP contribution in [0.2, 0.25) is 0 Å². The van der Waals surface area contributed by atoms with Crippen LogP contribution in [0.5, 0.6) is 0 Å². The number of benzene rings is 1. The van der Waals surface area contributed by atoms with E-state index in [0.29, 0.717) is 5.92 Å². The van der Waals surface area contributed by atoms with E-state index >= 15 is 0 Å². The Balaban J connectivity index is 2.67. The molecule has 0 bridgehead atoms. The van der Waals surface area contributed by atoms with Gasteiger partial charge in [0.1, 0.15) is 4.75 Å². The molecule has 0 aromatic heterocycles. The minimum absolute atomic E-state index is 0.218. The lowest BCUT2D eigenvalue weighted by atomic mass is 9.97. The predicted molar refractivity (Wildman–Crippen MR) is 79.8 cm³/mol. The summed E-state index contributed by atoms with van der Waals surface area (Å²) in [5.74, 6) is 0.455. The summed E-state index contributed by atoms with van der Waals surface area (Å²) in [4.78, 5) is 0. The molecular weight excluding hydrogens is 242 g/mol. The Morgan fingerprint density at radius 2 is 1.72 bits per heavy atom. The highest BCUT2D eigenvalue weighted by molar-refractivity contribution is 7.90. The van der Waals surface area contributed by atoms with Crippen molar-refractivity contribution >= 4 is 11.4 Å². The zero-order valence-electron chi connectivity index (χ0n) is 12.1. The van der Waals surface area contributed by atoms with Gasteiger partial charge in [0, 0.05) is 11.4 Å². The maximum atomic E-state index is 12.2. The zero-order valence-corrected chi connectivity index (χ0v) is 12.9. The minimum Gasteiger partial charge on any atom is -0.598 e. The topological polar surface area (TPSA) is 35.1 Å². The van der Waals surface area contributed by atoms with Crippen LogP contribution in [0.1, 0.15) is 40.2 Å². The van der Waals surface area contributed by atoms with Crippen molar-refractivity contribution < 1.29 is 4.55 Å². The van der Waals surface area contributed by atoms with Crippen molar-refractivity contribution in [2.24, 2.45) is 5.92 Å². The van der Waals surface area contributed by atoms with Gasteiger partial charge in [0.05, 0.1) is 6.04 Å². The molecule has 0 fully saturated rings. The lowest BCUT2D eigenvalue weighted by Crippen LogP contribution is -2.47. The van der Waals surface area contributed by atoms with Crippen molar-refractivity contribution in [3.05, 3.63) is 35.9 Å². The van der Waals surface area contributed by atoms with Gasteiger partial charge in [-0.15, -0.1) is 4.72 Å². The molecule has 0 aliphatic rings. The van der Waals surface area contributed by atoms with E-state index in [2.05, 4.69) is 30.7 Å². The van der Waals surface area contributed by atoms with Gasteiger partial charge in [-0.3, -0.25) is 0 Å². The number of rotatable bonds is 5. The van der Waals surface area contributed by atoms with Crippen LogP contribution in [0.15, 0.2) is 30.3 Å². The first-order valence-electron chi connectivity index (χ1n) is 6.52. The molecule has 1 aromatic rings. The Kier molecular flexibility index (Phi) is 5.70. The lowest BCUT2D eigenvalue weighted by molar-refractivity contribution is 0.437. The molecule has 0 radical (unpaired) electrons. The normalized spacial score (nSPS) is 15.7. The highest BCUT2D eigenvalue weighted by Crippen LogP contribution is 2.17. The maximum absolute atomic E-state index is 12.2. The van der Waals surface area contributed by atoms with Gasteiger partial charge >= 0.3 is 0 Å². The van der Waals surface area contributed by atoms with E-state index in [9.17, 15) is 4.55 Å². The fourth-order valence-corrected chi connectivity index (χ4v) is 2.58. The maximum Gasteiger partial charge on any atom is 0.136 e. The van der Waals surface area contributed by atoms with E-state index in [1.807, 2.05) is 39.0 Å². The minimum atomic E-state index is -1.01. The highest BCUT2D eigenvalue weighted by atomic mass is 32.2. The smallest absolute Gasteiger partial charge is 0.136 e. The zero-order chi connectivity index (χ0) is 13.8. The van der Waals surface area contributed by atoms with Gasteiger partial charge in [-0.2, -0.15) is 0 Å². The first-order chi connectivity index (χ1) is 8.30. The van der Waals surface area contributed by atoms with Crippen LogP contribution in [0.25, 0.3) is 0 Å². The third-order valence-corrected chi connectivity index (χ3v) is 4.55. The van der Waals surface area contributed by atoms with Crippen LogP contribution in [0.3, 0.4) is 0 Å². The Hall–Kier alpha value is -0.510. The molecular formula is C15H25NOS. The lowest BCUT2D eigenvalue weighted by Gasteiger charge is -2.29. The monoisotopic (exact) mass is 267 g/mol. The molecule has 0 saturated carbocycles. The molecule has 18 heavy (non-hydrogen) atoms. The predicted octanol–water partition coefficient (Wildman–Crippen LogP) is 3.31. The van der Waals surface area contributed by atoms with Gasteiger partial charge in [0.2, 0.25) is 0 Å². The Morgan fingerprint density at radius 3 is 2.17 bits per heavy atom. The quantitative estimate of drug-likeness (QED) is 0.831. The van der Waals surface area contributed by atoms with Crippen LogP contribution < -0.4 is 4.72 Å². The second-order valence-electron chi connectivity index (χ2n) is 6.04. The highest BCUT2D eigenvalue weighted by Gasteiger charge is 2.30. The molecule has 102 valence electrons. The van der Waals surface area contributed by atoms with Crippen molar-refractivity contribution in [3.8, 4) is 0 Å². The van der Waals surface area contributed by atoms with Crippen molar-refractivity contribution in [2.45, 2.75) is 51.8 Å². The third kappa shape index (κ3) is 5.01. The fourth-order valence-electron chi connectivity index (χ4n) is 1.60. The van der Waals surface area contributed by atoms with E-state index in [4.69, 9.17) is 0 Å². The number of hydrogen-bond donors (Lipinski definition) is 1. The summed E-state index contributed by atoms with van der Waals surface area (Å²) in [6, 6.07) is 10.6. The third-order valence-electron chi connectivity index (χ3n) is 2.92. The first-order valence-corrected chi connectivity index (χ1v) is 7.67. The summed E-state index contributed by atoms with van der Waals surface area (Å²) >= 11 is -1.01. The largest absolute Gasteiger partial charge is 0.598 e. The summed E-state index contributed by atoms with van der Waals surface area (Å²) in [6.45, 7) is 10.3. The van der Waals surface area contributed by atoms with Crippen LogP contribution in [-0.4, -0.2) is 15.3 Å². The van der Waals surface area contributed by atoms with Gasteiger partial charge in [-0.1, -0.05) is 44.2 Å². The molecule has 0 heterocycles. The summed E-state index contributed by atoms with van der Waals surface area (Å²) < 4.78 is 15.2. The molecule has 1 rings (SSSR count). The SMILES string of the molecule is CC(C)[C@@H](Cc1ccccc1)N[S@+]([O-])C(C)(C)C. The molecule has 1 N–H and O–H groups in total. The van der Waals surface area contributed by atoms with E-state index in [1.54, 1.807) is 0 Å². The van der Waals surface area contributed by atoms with Crippen LogP contribution in [0, 0.1) is 5.92 Å².